The predicted octanol–water partition coefficient (Wildman–Crippen LogP) is 3.65. The maximum absolute atomic E-state index is 11.2. The molecule has 0 bridgehead atoms. The first-order valence-corrected chi connectivity index (χ1v) is 7.11. The van der Waals surface area contributed by atoms with Gasteiger partial charge in [0, 0.05) is 23.5 Å². The fourth-order valence-corrected chi connectivity index (χ4v) is 1.93. The van der Waals surface area contributed by atoms with Crippen molar-refractivity contribution in [3.63, 3.8) is 0 Å². The van der Waals surface area contributed by atoms with Gasteiger partial charge in [-0.05, 0) is 48.6 Å². The molecule has 4 nitrogen and oxygen atoms in total. The van der Waals surface area contributed by atoms with Gasteiger partial charge in [0.1, 0.15) is 0 Å². The van der Waals surface area contributed by atoms with Crippen LogP contribution in [0.25, 0.3) is 0 Å². The largest absolute Gasteiger partial charge is 0.356 e. The summed E-state index contributed by atoms with van der Waals surface area (Å²) in [5.41, 5.74) is 2.84. The van der Waals surface area contributed by atoms with Gasteiger partial charge in [-0.2, -0.15) is 0 Å². The van der Waals surface area contributed by atoms with Crippen LogP contribution in [0, 0.1) is 0 Å². The second kappa shape index (κ2) is 7.40. The molecule has 0 unspecified atom stereocenters. The van der Waals surface area contributed by atoms with Gasteiger partial charge < -0.3 is 16.0 Å². The van der Waals surface area contributed by atoms with Crippen molar-refractivity contribution in [3.8, 4) is 0 Å². The summed E-state index contributed by atoms with van der Waals surface area (Å²) in [6, 6.07) is 17.6. The average molecular weight is 299 g/mol. The second-order valence-corrected chi connectivity index (χ2v) is 4.83. The van der Waals surface area contributed by atoms with Crippen LogP contribution in [0.5, 0.6) is 0 Å². The molecule has 0 aliphatic carbocycles. The summed E-state index contributed by atoms with van der Waals surface area (Å²) in [6.45, 7) is 1.78. The maximum Gasteiger partial charge on any atom is 0.225 e. The standard InChI is InChI=1S/C16H17N3OS/c1-2-15(20)19-16(21)18-14-10-8-13(9-11-14)17-12-6-4-3-5-7-12/h3-11,17H,2H2,1H3,(H2,18,19,20,21). The molecule has 108 valence electrons. The lowest BCUT2D eigenvalue weighted by molar-refractivity contribution is -0.119. The minimum atomic E-state index is -0.102. The Balaban J connectivity index is 1.93. The van der Waals surface area contributed by atoms with Gasteiger partial charge in [0.05, 0.1) is 0 Å². The van der Waals surface area contributed by atoms with Crippen LogP contribution in [0.2, 0.25) is 0 Å². The molecule has 2 rings (SSSR count). The molecule has 2 aromatic rings. The van der Waals surface area contributed by atoms with Gasteiger partial charge in [-0.15, -0.1) is 0 Å². The van der Waals surface area contributed by atoms with E-state index in [-0.39, 0.29) is 5.91 Å². The highest BCUT2D eigenvalue weighted by molar-refractivity contribution is 7.80. The molecule has 0 heterocycles. The number of hydrogen-bond donors (Lipinski definition) is 3. The third kappa shape index (κ3) is 4.89. The number of anilines is 3. The van der Waals surface area contributed by atoms with Crippen molar-refractivity contribution < 1.29 is 4.79 Å². The third-order valence-electron chi connectivity index (χ3n) is 2.78. The molecule has 0 aromatic heterocycles. The molecule has 3 N–H and O–H groups in total. The quantitative estimate of drug-likeness (QED) is 0.754. The van der Waals surface area contributed by atoms with E-state index in [9.17, 15) is 4.79 Å². The Morgan fingerprint density at radius 1 is 0.952 bits per heavy atom. The first-order chi connectivity index (χ1) is 10.2. The SMILES string of the molecule is CCC(=O)NC(=S)Nc1ccc(Nc2ccccc2)cc1. The fourth-order valence-electron chi connectivity index (χ4n) is 1.70. The lowest BCUT2D eigenvalue weighted by Gasteiger charge is -2.10. The van der Waals surface area contributed by atoms with Crippen LogP contribution < -0.4 is 16.0 Å². The second-order valence-electron chi connectivity index (χ2n) is 4.42. The Bertz CT molecular complexity index is 611. The Hall–Kier alpha value is -2.40. The zero-order valence-electron chi connectivity index (χ0n) is 11.7. The molecule has 1 amide bonds. The Labute approximate surface area is 129 Å². The van der Waals surface area contributed by atoms with Crippen LogP contribution in [0.1, 0.15) is 13.3 Å². The Morgan fingerprint density at radius 3 is 2.14 bits per heavy atom. The van der Waals surface area contributed by atoms with Crippen LogP contribution >= 0.6 is 12.2 Å². The molecule has 0 saturated heterocycles. The topological polar surface area (TPSA) is 53.2 Å². The summed E-state index contributed by atoms with van der Waals surface area (Å²) in [4.78, 5) is 11.2. The molecule has 0 radical (unpaired) electrons. The molecule has 0 atom stereocenters. The Kier molecular flexibility index (Phi) is 5.29. The highest BCUT2D eigenvalue weighted by atomic mass is 32.1. The number of rotatable bonds is 4. The molecule has 21 heavy (non-hydrogen) atoms. The van der Waals surface area contributed by atoms with Gasteiger partial charge in [0.2, 0.25) is 5.91 Å². The normalized spacial score (nSPS) is 9.76. The van der Waals surface area contributed by atoms with E-state index in [4.69, 9.17) is 12.2 Å². The van der Waals surface area contributed by atoms with Gasteiger partial charge in [0.15, 0.2) is 5.11 Å². The van der Waals surface area contributed by atoms with E-state index in [1.54, 1.807) is 6.92 Å². The van der Waals surface area contributed by atoms with Crippen LogP contribution in [0.4, 0.5) is 17.1 Å². The van der Waals surface area contributed by atoms with Gasteiger partial charge in [-0.1, -0.05) is 25.1 Å². The molecule has 0 spiro atoms. The van der Waals surface area contributed by atoms with Crippen molar-refractivity contribution in [1.29, 1.82) is 0 Å². The molecular formula is C16H17N3OS. The number of hydrogen-bond acceptors (Lipinski definition) is 3. The number of amides is 1. The lowest BCUT2D eigenvalue weighted by Crippen LogP contribution is -2.33. The molecule has 5 heteroatoms. The summed E-state index contributed by atoms with van der Waals surface area (Å²) >= 11 is 5.06. The van der Waals surface area contributed by atoms with E-state index in [1.807, 2.05) is 54.6 Å². The zero-order valence-corrected chi connectivity index (χ0v) is 12.5. The van der Waals surface area contributed by atoms with Crippen molar-refractivity contribution in [2.24, 2.45) is 0 Å². The lowest BCUT2D eigenvalue weighted by atomic mass is 10.2. The highest BCUT2D eigenvalue weighted by Crippen LogP contribution is 2.18. The van der Waals surface area contributed by atoms with Gasteiger partial charge in [-0.25, -0.2) is 0 Å². The summed E-state index contributed by atoms with van der Waals surface area (Å²) < 4.78 is 0. The summed E-state index contributed by atoms with van der Waals surface area (Å²) in [6.07, 6.45) is 0.405. The number of benzene rings is 2. The monoisotopic (exact) mass is 299 g/mol. The molecule has 0 aliphatic heterocycles. The van der Waals surface area contributed by atoms with Crippen molar-refractivity contribution >= 4 is 40.3 Å². The van der Waals surface area contributed by atoms with E-state index in [0.29, 0.717) is 11.5 Å². The van der Waals surface area contributed by atoms with Crippen LogP contribution in [0.15, 0.2) is 54.6 Å². The number of para-hydroxylation sites is 1. The summed E-state index contributed by atoms with van der Waals surface area (Å²) in [5.74, 6) is -0.102. The average Bonchev–Trinajstić information content (AvgIpc) is 2.50. The minimum Gasteiger partial charge on any atom is -0.356 e. The Morgan fingerprint density at radius 2 is 1.52 bits per heavy atom. The molecule has 0 fully saturated rings. The van der Waals surface area contributed by atoms with Crippen LogP contribution in [0.3, 0.4) is 0 Å². The van der Waals surface area contributed by atoms with E-state index in [0.717, 1.165) is 17.1 Å². The van der Waals surface area contributed by atoms with Gasteiger partial charge >= 0.3 is 0 Å². The molecular weight excluding hydrogens is 282 g/mol. The van der Waals surface area contributed by atoms with Gasteiger partial charge in [0.25, 0.3) is 0 Å². The van der Waals surface area contributed by atoms with Crippen LogP contribution in [-0.4, -0.2) is 11.0 Å². The molecule has 0 saturated carbocycles. The first kappa shape index (κ1) is 15.0. The van der Waals surface area contributed by atoms with Gasteiger partial charge in [-0.3, -0.25) is 4.79 Å². The van der Waals surface area contributed by atoms with E-state index in [1.165, 1.54) is 0 Å². The van der Waals surface area contributed by atoms with E-state index < -0.39 is 0 Å². The number of carbonyl (C=O) groups excluding carboxylic acids is 1. The van der Waals surface area contributed by atoms with Crippen molar-refractivity contribution in [3.05, 3.63) is 54.6 Å². The van der Waals surface area contributed by atoms with Crippen molar-refractivity contribution in [1.82, 2.24) is 5.32 Å². The van der Waals surface area contributed by atoms with E-state index in [2.05, 4.69) is 16.0 Å². The number of thiocarbonyl (C=S) groups is 1. The molecule has 2 aromatic carbocycles. The number of carbonyl (C=O) groups is 1. The third-order valence-corrected chi connectivity index (χ3v) is 2.98. The maximum atomic E-state index is 11.2. The summed E-state index contributed by atoms with van der Waals surface area (Å²) in [5, 5.41) is 9.17. The molecule has 0 aliphatic rings. The fraction of sp³-hybridized carbons (Fsp3) is 0.125. The zero-order chi connectivity index (χ0) is 15.1. The first-order valence-electron chi connectivity index (χ1n) is 6.70. The highest BCUT2D eigenvalue weighted by Gasteiger charge is 2.02. The van der Waals surface area contributed by atoms with Crippen molar-refractivity contribution in [2.75, 3.05) is 10.6 Å². The smallest absolute Gasteiger partial charge is 0.225 e. The van der Waals surface area contributed by atoms with E-state index >= 15 is 0 Å². The number of nitrogens with one attached hydrogen (secondary N) is 3. The van der Waals surface area contributed by atoms with Crippen LogP contribution in [-0.2, 0) is 4.79 Å². The van der Waals surface area contributed by atoms with Crippen molar-refractivity contribution in [2.45, 2.75) is 13.3 Å². The summed E-state index contributed by atoms with van der Waals surface area (Å²) in [7, 11) is 0. The predicted molar refractivity (Wildman–Crippen MR) is 90.8 cm³/mol. The minimum absolute atomic E-state index is 0.102.